The van der Waals surface area contributed by atoms with Crippen molar-refractivity contribution in [3.8, 4) is 5.75 Å². The summed E-state index contributed by atoms with van der Waals surface area (Å²) in [4.78, 5) is 19.9. The van der Waals surface area contributed by atoms with Crippen LogP contribution < -0.4 is 0 Å². The molecule has 2 N–H and O–H groups in total. The first kappa shape index (κ1) is 20.9. The highest BCUT2D eigenvalue weighted by Crippen LogP contribution is 2.33. The number of pyridine rings is 1. The number of aromatic nitrogens is 2. The van der Waals surface area contributed by atoms with Crippen LogP contribution in [-0.4, -0.2) is 35.0 Å². The second-order valence-corrected chi connectivity index (χ2v) is 10.4. The van der Waals surface area contributed by atoms with Gasteiger partial charge in [-0.25, -0.2) is 8.42 Å². The molecule has 2 heterocycles. The maximum Gasteiger partial charge on any atom is 0.180 e. The molecule has 1 aromatic carbocycles. The summed E-state index contributed by atoms with van der Waals surface area (Å²) >= 11 is 6.14. The van der Waals surface area contributed by atoms with E-state index in [4.69, 9.17) is 11.6 Å². The van der Waals surface area contributed by atoms with Crippen LogP contribution in [-0.2, 0) is 16.3 Å². The number of Topliss-reactive ketones (excluding diaryl/α,β-unsaturated/α-hetero) is 1. The van der Waals surface area contributed by atoms with E-state index in [2.05, 4.69) is 9.97 Å². The Labute approximate surface area is 180 Å². The minimum atomic E-state index is -3.50. The van der Waals surface area contributed by atoms with Gasteiger partial charge in [-0.1, -0.05) is 30.9 Å². The Morgan fingerprint density at radius 3 is 2.73 bits per heavy atom. The van der Waals surface area contributed by atoms with Crippen molar-refractivity contribution in [1.29, 1.82) is 0 Å². The number of fused-ring (bicyclic) bond motifs is 1. The van der Waals surface area contributed by atoms with E-state index in [1.807, 2.05) is 0 Å². The predicted molar refractivity (Wildman–Crippen MR) is 116 cm³/mol. The molecule has 0 saturated heterocycles. The number of sulfone groups is 1. The molecule has 6 nitrogen and oxygen atoms in total. The molecule has 4 rings (SSSR count). The number of aromatic hydroxyl groups is 1. The smallest absolute Gasteiger partial charge is 0.180 e. The molecule has 1 aliphatic carbocycles. The van der Waals surface area contributed by atoms with Crippen LogP contribution in [0, 0.1) is 5.92 Å². The number of H-pyrrole nitrogens is 1. The highest BCUT2D eigenvalue weighted by molar-refractivity contribution is 7.91. The van der Waals surface area contributed by atoms with Gasteiger partial charge >= 0.3 is 0 Å². The fraction of sp³-hybridized carbons (Fsp3) is 0.364. The van der Waals surface area contributed by atoms with E-state index in [0.717, 1.165) is 32.1 Å². The summed E-state index contributed by atoms with van der Waals surface area (Å²) in [7, 11) is -3.50. The third-order valence-electron chi connectivity index (χ3n) is 5.77. The van der Waals surface area contributed by atoms with Gasteiger partial charge in [-0.15, -0.1) is 0 Å². The predicted octanol–water partition coefficient (Wildman–Crippen LogP) is 4.70. The fourth-order valence-corrected chi connectivity index (χ4v) is 6.07. The summed E-state index contributed by atoms with van der Waals surface area (Å²) in [6.07, 6.45) is 9.46. The van der Waals surface area contributed by atoms with Crippen molar-refractivity contribution in [3.05, 3.63) is 52.9 Å². The molecule has 158 valence electrons. The molecule has 0 bridgehead atoms. The average molecular weight is 447 g/mol. The first-order valence-corrected chi connectivity index (χ1v) is 12.1. The van der Waals surface area contributed by atoms with Gasteiger partial charge in [0.2, 0.25) is 0 Å². The van der Waals surface area contributed by atoms with E-state index in [0.29, 0.717) is 21.5 Å². The molecule has 0 aliphatic heterocycles. The van der Waals surface area contributed by atoms with Crippen LogP contribution in [0.3, 0.4) is 0 Å². The summed E-state index contributed by atoms with van der Waals surface area (Å²) in [5.74, 6) is 0.0150. The lowest BCUT2D eigenvalue weighted by molar-refractivity contribution is 0.0992. The largest absolute Gasteiger partial charge is 0.507 e. The van der Waals surface area contributed by atoms with Gasteiger partial charge in [0, 0.05) is 36.0 Å². The Morgan fingerprint density at radius 1 is 1.20 bits per heavy atom. The summed E-state index contributed by atoms with van der Waals surface area (Å²) in [6, 6.07) is 4.47. The molecule has 0 radical (unpaired) electrons. The van der Waals surface area contributed by atoms with Crippen molar-refractivity contribution in [2.75, 3.05) is 5.75 Å². The zero-order valence-electron chi connectivity index (χ0n) is 16.4. The minimum Gasteiger partial charge on any atom is -0.507 e. The summed E-state index contributed by atoms with van der Waals surface area (Å²) in [5.41, 5.74) is 1.38. The third-order valence-corrected chi connectivity index (χ3v) is 7.94. The van der Waals surface area contributed by atoms with Gasteiger partial charge in [0.25, 0.3) is 0 Å². The molecule has 3 aromatic rings. The highest BCUT2D eigenvalue weighted by atomic mass is 35.5. The fourth-order valence-electron chi connectivity index (χ4n) is 4.18. The number of rotatable bonds is 6. The number of hydrogen-bond acceptors (Lipinski definition) is 5. The second-order valence-electron chi connectivity index (χ2n) is 7.93. The number of halogens is 1. The van der Waals surface area contributed by atoms with Crippen molar-refractivity contribution in [1.82, 2.24) is 9.97 Å². The van der Waals surface area contributed by atoms with E-state index < -0.39 is 9.84 Å². The number of benzene rings is 1. The number of phenols is 1. The normalized spacial score (nSPS) is 15.5. The molecule has 1 fully saturated rings. The quantitative estimate of drug-likeness (QED) is 0.534. The van der Waals surface area contributed by atoms with Crippen molar-refractivity contribution in [2.45, 2.75) is 43.4 Å². The maximum atomic E-state index is 12.9. The topological polar surface area (TPSA) is 100 Å². The monoisotopic (exact) mass is 446 g/mol. The summed E-state index contributed by atoms with van der Waals surface area (Å²) in [6.45, 7) is 0. The Kier molecular flexibility index (Phi) is 5.84. The van der Waals surface area contributed by atoms with Crippen LogP contribution in [0.2, 0.25) is 5.02 Å². The van der Waals surface area contributed by atoms with E-state index >= 15 is 0 Å². The van der Waals surface area contributed by atoms with E-state index in [-0.39, 0.29) is 40.1 Å². The Morgan fingerprint density at radius 2 is 1.97 bits per heavy atom. The van der Waals surface area contributed by atoms with Gasteiger partial charge in [-0.05, 0) is 42.5 Å². The van der Waals surface area contributed by atoms with Crippen molar-refractivity contribution < 1.29 is 18.3 Å². The van der Waals surface area contributed by atoms with Gasteiger partial charge in [-0.2, -0.15) is 0 Å². The summed E-state index contributed by atoms with van der Waals surface area (Å²) in [5, 5.41) is 11.1. The van der Waals surface area contributed by atoms with Crippen LogP contribution in [0.15, 0.2) is 41.7 Å². The number of nitrogens with one attached hydrogen (secondary N) is 1. The van der Waals surface area contributed by atoms with Crippen LogP contribution in [0.1, 0.15) is 48.0 Å². The minimum absolute atomic E-state index is 0.0122. The molecule has 1 aliphatic rings. The number of ketones is 1. The van der Waals surface area contributed by atoms with Crippen LogP contribution in [0.5, 0.6) is 5.75 Å². The first-order valence-electron chi connectivity index (χ1n) is 10.0. The van der Waals surface area contributed by atoms with Crippen LogP contribution in [0.4, 0.5) is 0 Å². The Bertz CT molecular complexity index is 1200. The Balaban J connectivity index is 1.57. The lowest BCUT2D eigenvalue weighted by Gasteiger charge is -2.21. The third kappa shape index (κ3) is 4.23. The molecule has 0 amide bonds. The SMILES string of the molecule is O=C(Cc1c[nH]c2c(Cl)ccc(O)c12)c1cncc(S(=O)(=O)CC2CCCCC2)c1. The number of nitrogens with zero attached hydrogens (tertiary/aromatic N) is 1. The number of hydrogen-bond donors (Lipinski definition) is 2. The summed E-state index contributed by atoms with van der Waals surface area (Å²) < 4.78 is 25.7. The zero-order chi connectivity index (χ0) is 21.3. The molecule has 30 heavy (non-hydrogen) atoms. The Hall–Kier alpha value is -2.38. The molecule has 1 saturated carbocycles. The maximum absolute atomic E-state index is 12.9. The van der Waals surface area contributed by atoms with Crippen molar-refractivity contribution in [3.63, 3.8) is 0 Å². The average Bonchev–Trinajstić information content (AvgIpc) is 3.16. The standard InChI is InChI=1S/C22H23ClN2O4S/c23-18-6-7-19(26)21-16(11-25-22(18)21)9-20(27)15-8-17(12-24-10-15)30(28,29)13-14-4-2-1-3-5-14/h6-8,10-12,14,25-26H,1-5,9,13H2. The van der Waals surface area contributed by atoms with Crippen molar-refractivity contribution in [2.24, 2.45) is 5.92 Å². The molecule has 8 heteroatoms. The lowest BCUT2D eigenvalue weighted by atomic mass is 9.91. The molecular formula is C22H23ClN2O4S. The number of carbonyl (C=O) groups is 1. The molecule has 0 atom stereocenters. The van der Waals surface area contributed by atoms with Gasteiger partial charge in [-0.3, -0.25) is 9.78 Å². The van der Waals surface area contributed by atoms with Crippen molar-refractivity contribution >= 4 is 38.1 Å². The van der Waals surface area contributed by atoms with Gasteiger partial charge in [0.05, 0.1) is 21.2 Å². The van der Waals surface area contributed by atoms with E-state index in [9.17, 15) is 18.3 Å². The first-order chi connectivity index (χ1) is 14.3. The van der Waals surface area contributed by atoms with Crippen LogP contribution >= 0.6 is 11.6 Å². The van der Waals surface area contributed by atoms with E-state index in [1.54, 1.807) is 12.3 Å². The molecular weight excluding hydrogens is 424 g/mol. The number of carbonyl (C=O) groups excluding carboxylic acids is 1. The second kappa shape index (κ2) is 8.40. The zero-order valence-corrected chi connectivity index (χ0v) is 18.0. The lowest BCUT2D eigenvalue weighted by Crippen LogP contribution is -2.19. The van der Waals surface area contributed by atoms with E-state index in [1.165, 1.54) is 24.5 Å². The number of aromatic amines is 1. The van der Waals surface area contributed by atoms with Crippen LogP contribution in [0.25, 0.3) is 10.9 Å². The number of phenolic OH excluding ortho intramolecular Hbond substituents is 1. The van der Waals surface area contributed by atoms with Gasteiger partial charge in [0.15, 0.2) is 15.6 Å². The van der Waals surface area contributed by atoms with Gasteiger partial charge in [0.1, 0.15) is 5.75 Å². The van der Waals surface area contributed by atoms with Gasteiger partial charge < -0.3 is 10.1 Å². The highest BCUT2D eigenvalue weighted by Gasteiger charge is 2.24. The molecule has 0 spiro atoms. The molecule has 2 aromatic heterocycles. The molecule has 0 unspecified atom stereocenters.